The van der Waals surface area contributed by atoms with Crippen LogP contribution in [0.1, 0.15) is 29.2 Å². The number of benzene rings is 3. The Morgan fingerprint density at radius 3 is 2.40 bits per heavy atom. The Kier molecular flexibility index (Phi) is 6.50. The largest absolute Gasteiger partial charge is 0.331 e. The van der Waals surface area contributed by atoms with Gasteiger partial charge in [-0.15, -0.1) is 0 Å². The van der Waals surface area contributed by atoms with Crippen molar-refractivity contribution in [2.45, 2.75) is 31.8 Å². The van der Waals surface area contributed by atoms with Crippen LogP contribution in [0.5, 0.6) is 0 Å². The van der Waals surface area contributed by atoms with E-state index >= 15 is 0 Å². The maximum atomic E-state index is 14.5. The summed E-state index contributed by atoms with van der Waals surface area (Å²) in [7, 11) is 0. The number of carbonyl (C=O) groups is 3. The number of urea groups is 1. The van der Waals surface area contributed by atoms with Gasteiger partial charge in [-0.25, -0.2) is 4.79 Å². The van der Waals surface area contributed by atoms with E-state index in [1.165, 1.54) is 4.90 Å². The third kappa shape index (κ3) is 4.52. The van der Waals surface area contributed by atoms with Crippen molar-refractivity contribution in [3.05, 3.63) is 118 Å². The third-order valence-electron chi connectivity index (χ3n) is 9.16. The Balaban J connectivity index is 1.28. The molecule has 3 aromatic carbocycles. The molecule has 42 heavy (non-hydrogen) atoms. The molecule has 2 saturated heterocycles. The first-order chi connectivity index (χ1) is 20.4. The fraction of sp³-hybridized carbons (Fsp3) is 0.294. The van der Waals surface area contributed by atoms with Crippen molar-refractivity contribution in [2.24, 2.45) is 11.3 Å². The number of amides is 4. The molecule has 212 valence electrons. The van der Waals surface area contributed by atoms with Gasteiger partial charge in [0.15, 0.2) is 0 Å². The second kappa shape index (κ2) is 10.4. The summed E-state index contributed by atoms with van der Waals surface area (Å²) < 4.78 is 1.88. The normalized spacial score (nSPS) is 24.0. The van der Waals surface area contributed by atoms with Gasteiger partial charge in [0.05, 0.1) is 6.54 Å². The maximum absolute atomic E-state index is 14.5. The van der Waals surface area contributed by atoms with Gasteiger partial charge in [-0.3, -0.25) is 24.6 Å². The quantitative estimate of drug-likeness (QED) is 0.361. The minimum atomic E-state index is -1.51. The van der Waals surface area contributed by atoms with E-state index < -0.39 is 23.3 Å². The van der Waals surface area contributed by atoms with Crippen molar-refractivity contribution in [1.29, 1.82) is 0 Å². The lowest BCUT2D eigenvalue weighted by Gasteiger charge is -2.47. The topological polar surface area (TPSA) is 91.7 Å². The average Bonchev–Trinajstić information content (AvgIpc) is 2.99. The molecule has 8 heteroatoms. The number of piperidine rings is 1. The van der Waals surface area contributed by atoms with Crippen LogP contribution >= 0.6 is 0 Å². The van der Waals surface area contributed by atoms with Gasteiger partial charge in [-0.05, 0) is 46.7 Å². The molecule has 2 unspecified atom stereocenters. The zero-order chi connectivity index (χ0) is 28.8. The van der Waals surface area contributed by atoms with Crippen LogP contribution in [0.4, 0.5) is 4.79 Å². The van der Waals surface area contributed by atoms with Crippen LogP contribution in [0.15, 0.2) is 95.8 Å². The van der Waals surface area contributed by atoms with Gasteiger partial charge in [0.1, 0.15) is 5.41 Å². The first kappa shape index (κ1) is 26.3. The van der Waals surface area contributed by atoms with Crippen molar-refractivity contribution in [3.63, 3.8) is 0 Å². The second-order valence-corrected chi connectivity index (χ2v) is 11.9. The summed E-state index contributed by atoms with van der Waals surface area (Å²) in [6.45, 7) is 2.18. The number of barbiturate groups is 1. The van der Waals surface area contributed by atoms with E-state index in [0.717, 1.165) is 34.0 Å². The van der Waals surface area contributed by atoms with E-state index in [2.05, 4.69) is 10.2 Å². The number of likely N-dealkylation sites (tertiary alicyclic amines) is 1. The Morgan fingerprint density at radius 1 is 0.786 bits per heavy atom. The first-order valence-corrected chi connectivity index (χ1v) is 14.5. The van der Waals surface area contributed by atoms with Gasteiger partial charge < -0.3 is 9.47 Å². The number of nitrogens with one attached hydrogen (secondary N) is 1. The molecule has 0 radical (unpaired) electrons. The molecule has 2 fully saturated rings. The highest BCUT2D eigenvalue weighted by molar-refractivity contribution is 6.19. The number of imide groups is 2. The number of nitrogens with zero attached hydrogens (tertiary/aromatic N) is 3. The minimum absolute atomic E-state index is 0.0139. The van der Waals surface area contributed by atoms with Gasteiger partial charge >= 0.3 is 6.03 Å². The summed E-state index contributed by atoms with van der Waals surface area (Å²) in [6, 6.07) is 28.0. The fourth-order valence-electron chi connectivity index (χ4n) is 7.27. The molecular weight excluding hydrogens is 528 g/mol. The van der Waals surface area contributed by atoms with Crippen molar-refractivity contribution in [3.8, 4) is 0 Å². The van der Waals surface area contributed by atoms with Crippen LogP contribution in [-0.4, -0.2) is 51.8 Å². The molecule has 3 aliphatic heterocycles. The molecule has 0 saturated carbocycles. The Morgan fingerprint density at radius 2 is 1.55 bits per heavy atom. The lowest BCUT2D eigenvalue weighted by Crippen LogP contribution is -2.67. The van der Waals surface area contributed by atoms with E-state index in [1.54, 1.807) is 12.1 Å². The summed E-state index contributed by atoms with van der Waals surface area (Å²) in [6.07, 6.45) is 1.13. The molecule has 2 bridgehead atoms. The van der Waals surface area contributed by atoms with Crippen molar-refractivity contribution in [2.75, 3.05) is 19.6 Å². The van der Waals surface area contributed by atoms with Gasteiger partial charge in [0, 0.05) is 43.9 Å². The molecule has 0 spiro atoms. The monoisotopic (exact) mass is 560 g/mol. The number of rotatable bonds is 6. The summed E-state index contributed by atoms with van der Waals surface area (Å²) in [5, 5.41) is 4.57. The van der Waals surface area contributed by atoms with Crippen LogP contribution < -0.4 is 10.9 Å². The van der Waals surface area contributed by atoms with Crippen molar-refractivity contribution < 1.29 is 14.4 Å². The van der Waals surface area contributed by atoms with Gasteiger partial charge in [0.2, 0.25) is 11.8 Å². The fourth-order valence-corrected chi connectivity index (χ4v) is 7.27. The Labute approximate surface area is 243 Å². The zero-order valence-corrected chi connectivity index (χ0v) is 23.2. The summed E-state index contributed by atoms with van der Waals surface area (Å²) in [5.41, 5.74) is 1.21. The molecule has 3 atom stereocenters. The SMILES string of the molecule is O=C1NC(=O)C(Cc2cccc3ccccc23)(CN2CC3C[C@@H](C2)c2cccc(=O)n2C3)C(=O)N1Cc1ccccc1. The van der Waals surface area contributed by atoms with Crippen LogP contribution in [0, 0.1) is 11.3 Å². The molecule has 0 aliphatic carbocycles. The molecule has 4 amide bonds. The van der Waals surface area contributed by atoms with Crippen molar-refractivity contribution >= 4 is 28.6 Å². The number of pyridine rings is 1. The molecule has 3 aliphatic rings. The number of hydrogen-bond acceptors (Lipinski definition) is 5. The summed E-state index contributed by atoms with van der Waals surface area (Å²) in [4.78, 5) is 57.6. The van der Waals surface area contributed by atoms with E-state index in [-0.39, 0.29) is 36.9 Å². The van der Waals surface area contributed by atoms with Crippen LogP contribution in [0.2, 0.25) is 0 Å². The van der Waals surface area contributed by atoms with Crippen LogP contribution in [0.3, 0.4) is 0 Å². The van der Waals surface area contributed by atoms with E-state index in [0.29, 0.717) is 19.6 Å². The molecule has 7 rings (SSSR count). The zero-order valence-electron chi connectivity index (χ0n) is 23.2. The van der Waals surface area contributed by atoms with Crippen molar-refractivity contribution in [1.82, 2.24) is 19.7 Å². The highest BCUT2D eigenvalue weighted by Crippen LogP contribution is 2.39. The van der Waals surface area contributed by atoms with Gasteiger partial charge in [-0.2, -0.15) is 0 Å². The highest BCUT2D eigenvalue weighted by Gasteiger charge is 2.55. The molecule has 8 nitrogen and oxygen atoms in total. The molecule has 4 heterocycles. The van der Waals surface area contributed by atoms with E-state index in [1.807, 2.05) is 83.4 Å². The molecule has 1 aromatic heterocycles. The smallest absolute Gasteiger partial charge is 0.312 e. The number of aromatic nitrogens is 1. The second-order valence-electron chi connectivity index (χ2n) is 11.9. The summed E-state index contributed by atoms with van der Waals surface area (Å²) in [5.74, 6) is -0.665. The lowest BCUT2D eigenvalue weighted by atomic mass is 9.75. The Bertz CT molecular complexity index is 1760. The van der Waals surface area contributed by atoms with E-state index in [9.17, 15) is 19.2 Å². The minimum Gasteiger partial charge on any atom is -0.312 e. The Hall–Kier alpha value is -4.56. The van der Waals surface area contributed by atoms with E-state index in [4.69, 9.17) is 0 Å². The summed E-state index contributed by atoms with van der Waals surface area (Å²) >= 11 is 0. The average molecular weight is 561 g/mol. The van der Waals surface area contributed by atoms with Gasteiger partial charge in [-0.1, -0.05) is 78.9 Å². The molecule has 1 N–H and O–H groups in total. The third-order valence-corrected chi connectivity index (χ3v) is 9.16. The van der Waals surface area contributed by atoms with Crippen LogP contribution in [0.25, 0.3) is 10.8 Å². The number of fused-ring (bicyclic) bond motifs is 5. The molecule has 4 aromatic rings. The maximum Gasteiger partial charge on any atom is 0.331 e. The standard InChI is InChI=1S/C34H32N4O4/c39-30-15-7-14-29-27-16-24(20-37(29)30)18-36(21-27)22-34(17-26-12-6-11-25-10-4-5-13-28(25)26)31(40)35-33(42)38(32(34)41)19-23-8-2-1-3-9-23/h1-15,24,27H,16-22H2,(H,35,40,42)/t24?,27-,34?/m0/s1. The lowest BCUT2D eigenvalue weighted by molar-refractivity contribution is -0.154. The number of carbonyl (C=O) groups excluding carboxylic acids is 3. The van der Waals surface area contributed by atoms with Crippen LogP contribution in [-0.2, 0) is 29.1 Å². The molecular formula is C34H32N4O4. The highest BCUT2D eigenvalue weighted by atomic mass is 16.2. The predicted molar refractivity (Wildman–Crippen MR) is 159 cm³/mol. The number of hydrogen-bond donors (Lipinski definition) is 1. The predicted octanol–water partition coefficient (Wildman–Crippen LogP) is 3.93. The van der Waals surface area contributed by atoms with Gasteiger partial charge in [0.25, 0.3) is 5.56 Å². The first-order valence-electron chi connectivity index (χ1n) is 14.5.